The smallest absolute Gasteiger partial charge is 0.288 e. The molecule has 3 aromatic rings. The molecule has 0 aliphatic rings. The standard InChI is InChI=1S/C19H12ClN3O3/c1-11-18(14-4-2-3-5-16(14)22-11)19(24)13(10-21)8-12-6-7-15(20)17(9-12)23(25)26/h2-9,22H,1H3/b13-8-. The minimum absolute atomic E-state index is 0.00976. The van der Waals surface area contributed by atoms with Gasteiger partial charge in [0.05, 0.1) is 10.5 Å². The molecule has 0 aliphatic carbocycles. The van der Waals surface area contributed by atoms with E-state index < -0.39 is 10.7 Å². The van der Waals surface area contributed by atoms with E-state index in [0.29, 0.717) is 16.8 Å². The summed E-state index contributed by atoms with van der Waals surface area (Å²) < 4.78 is 0. The summed E-state index contributed by atoms with van der Waals surface area (Å²) in [6.45, 7) is 1.76. The van der Waals surface area contributed by atoms with Gasteiger partial charge in [-0.05, 0) is 30.7 Å². The van der Waals surface area contributed by atoms with E-state index in [1.165, 1.54) is 24.3 Å². The predicted molar refractivity (Wildman–Crippen MR) is 99.1 cm³/mol. The molecule has 3 rings (SSSR count). The zero-order valence-corrected chi connectivity index (χ0v) is 14.4. The fraction of sp³-hybridized carbons (Fsp3) is 0.0526. The Labute approximate surface area is 153 Å². The molecule has 26 heavy (non-hydrogen) atoms. The third kappa shape index (κ3) is 3.08. The molecular formula is C19H12ClN3O3. The average Bonchev–Trinajstić information content (AvgIpc) is 2.95. The van der Waals surface area contributed by atoms with Crippen LogP contribution in [0.25, 0.3) is 17.0 Å². The maximum Gasteiger partial charge on any atom is 0.288 e. The summed E-state index contributed by atoms with van der Waals surface area (Å²) in [6, 6.07) is 13.3. The van der Waals surface area contributed by atoms with Crippen LogP contribution in [0, 0.1) is 28.4 Å². The van der Waals surface area contributed by atoms with E-state index >= 15 is 0 Å². The van der Waals surface area contributed by atoms with Gasteiger partial charge in [-0.15, -0.1) is 0 Å². The second-order valence-corrected chi connectivity index (χ2v) is 6.04. The lowest BCUT2D eigenvalue weighted by molar-refractivity contribution is -0.384. The normalized spacial score (nSPS) is 11.3. The highest BCUT2D eigenvalue weighted by Crippen LogP contribution is 2.28. The van der Waals surface area contributed by atoms with Crippen molar-refractivity contribution in [3.05, 3.63) is 80.0 Å². The molecule has 0 fully saturated rings. The molecule has 1 N–H and O–H groups in total. The SMILES string of the molecule is Cc1[nH]c2ccccc2c1C(=O)/C(C#N)=C\c1ccc(Cl)c([N+](=O)[O-])c1. The molecule has 0 saturated carbocycles. The second-order valence-electron chi connectivity index (χ2n) is 5.64. The number of allylic oxidation sites excluding steroid dienone is 1. The number of halogens is 1. The fourth-order valence-corrected chi connectivity index (χ4v) is 2.97. The van der Waals surface area contributed by atoms with Crippen molar-refractivity contribution in [2.24, 2.45) is 0 Å². The summed E-state index contributed by atoms with van der Waals surface area (Å²) in [5.41, 5.74) is 1.82. The van der Waals surface area contributed by atoms with Crippen LogP contribution in [0.4, 0.5) is 5.69 Å². The zero-order chi connectivity index (χ0) is 18.8. The maximum atomic E-state index is 12.9. The second kappa shape index (κ2) is 6.82. The molecule has 0 bridgehead atoms. The number of ketones is 1. The first-order chi connectivity index (χ1) is 12.4. The van der Waals surface area contributed by atoms with Crippen molar-refractivity contribution in [2.75, 3.05) is 0 Å². The monoisotopic (exact) mass is 365 g/mol. The highest BCUT2D eigenvalue weighted by Gasteiger charge is 2.20. The number of aryl methyl sites for hydroxylation is 1. The van der Waals surface area contributed by atoms with Crippen molar-refractivity contribution in [2.45, 2.75) is 6.92 Å². The van der Waals surface area contributed by atoms with Crippen molar-refractivity contribution in [3.8, 4) is 6.07 Å². The molecule has 2 aromatic carbocycles. The summed E-state index contributed by atoms with van der Waals surface area (Å²) in [5.74, 6) is -0.444. The number of hydrogen-bond acceptors (Lipinski definition) is 4. The van der Waals surface area contributed by atoms with Crippen LogP contribution in [0.5, 0.6) is 0 Å². The van der Waals surface area contributed by atoms with E-state index in [1.807, 2.05) is 24.3 Å². The number of carbonyl (C=O) groups is 1. The van der Waals surface area contributed by atoms with Crippen LogP contribution in [-0.4, -0.2) is 15.7 Å². The van der Waals surface area contributed by atoms with E-state index in [4.69, 9.17) is 11.6 Å². The molecule has 0 amide bonds. The van der Waals surface area contributed by atoms with E-state index in [1.54, 1.807) is 13.0 Å². The van der Waals surface area contributed by atoms with E-state index in [9.17, 15) is 20.2 Å². The van der Waals surface area contributed by atoms with Crippen molar-refractivity contribution in [3.63, 3.8) is 0 Å². The lowest BCUT2D eigenvalue weighted by Crippen LogP contribution is -2.03. The van der Waals surface area contributed by atoms with Crippen LogP contribution < -0.4 is 0 Å². The summed E-state index contributed by atoms with van der Waals surface area (Å²) in [6.07, 6.45) is 1.33. The van der Waals surface area contributed by atoms with Gasteiger partial charge in [0.15, 0.2) is 0 Å². The number of nitrogens with one attached hydrogen (secondary N) is 1. The number of H-pyrrole nitrogens is 1. The molecule has 1 heterocycles. The minimum atomic E-state index is -0.614. The number of benzene rings is 2. The lowest BCUT2D eigenvalue weighted by atomic mass is 9.99. The Morgan fingerprint density at radius 2 is 2.04 bits per heavy atom. The van der Waals surface area contributed by atoms with Gasteiger partial charge in [0.2, 0.25) is 5.78 Å². The number of carbonyl (C=O) groups excluding carboxylic acids is 1. The van der Waals surface area contributed by atoms with Crippen molar-refractivity contribution in [1.82, 2.24) is 4.98 Å². The van der Waals surface area contributed by atoms with Crippen molar-refractivity contribution >= 4 is 40.1 Å². The van der Waals surface area contributed by atoms with Gasteiger partial charge in [0.1, 0.15) is 16.7 Å². The summed E-state index contributed by atoms with van der Waals surface area (Å²) in [7, 11) is 0. The Bertz CT molecular complexity index is 1120. The number of hydrogen-bond donors (Lipinski definition) is 1. The molecule has 0 spiro atoms. The fourth-order valence-electron chi connectivity index (χ4n) is 2.78. The Morgan fingerprint density at radius 1 is 1.31 bits per heavy atom. The molecule has 6 nitrogen and oxygen atoms in total. The van der Waals surface area contributed by atoms with E-state index in [0.717, 1.165) is 10.9 Å². The predicted octanol–water partition coefficient (Wildman–Crippen LogP) is 4.83. The molecule has 1 aromatic heterocycles. The van der Waals surface area contributed by atoms with Gasteiger partial charge in [-0.2, -0.15) is 5.26 Å². The van der Waals surface area contributed by atoms with Crippen LogP contribution in [0.1, 0.15) is 21.6 Å². The van der Waals surface area contributed by atoms with Gasteiger partial charge in [0.25, 0.3) is 5.69 Å². The quantitative estimate of drug-likeness (QED) is 0.235. The molecule has 0 radical (unpaired) electrons. The number of aromatic amines is 1. The highest BCUT2D eigenvalue weighted by atomic mass is 35.5. The Kier molecular flexibility index (Phi) is 4.57. The number of nitriles is 1. The zero-order valence-electron chi connectivity index (χ0n) is 13.6. The first kappa shape index (κ1) is 17.4. The van der Waals surface area contributed by atoms with Crippen LogP contribution in [0.2, 0.25) is 5.02 Å². The van der Waals surface area contributed by atoms with Crippen molar-refractivity contribution < 1.29 is 9.72 Å². The van der Waals surface area contributed by atoms with Crippen LogP contribution in [0.3, 0.4) is 0 Å². The minimum Gasteiger partial charge on any atom is -0.358 e. The van der Waals surface area contributed by atoms with E-state index in [-0.39, 0.29) is 16.3 Å². The van der Waals surface area contributed by atoms with Gasteiger partial charge in [-0.1, -0.05) is 35.9 Å². The van der Waals surface area contributed by atoms with Gasteiger partial charge in [-0.25, -0.2) is 0 Å². The number of Topliss-reactive ketones (excluding diaryl/α,β-unsaturated/α-hetero) is 1. The number of aromatic nitrogens is 1. The third-order valence-electron chi connectivity index (χ3n) is 3.96. The Morgan fingerprint density at radius 3 is 2.73 bits per heavy atom. The molecule has 0 atom stereocenters. The van der Waals surface area contributed by atoms with E-state index in [2.05, 4.69) is 4.98 Å². The number of nitro benzene ring substituents is 1. The first-order valence-electron chi connectivity index (χ1n) is 7.60. The molecule has 0 aliphatic heterocycles. The Balaban J connectivity index is 2.09. The summed E-state index contributed by atoms with van der Waals surface area (Å²) in [5, 5.41) is 21.2. The average molecular weight is 366 g/mol. The number of fused-ring (bicyclic) bond motifs is 1. The number of para-hydroxylation sites is 1. The van der Waals surface area contributed by atoms with Gasteiger partial charge in [0, 0.05) is 22.7 Å². The van der Waals surface area contributed by atoms with Crippen LogP contribution in [0.15, 0.2) is 48.0 Å². The maximum absolute atomic E-state index is 12.9. The van der Waals surface area contributed by atoms with Gasteiger partial charge < -0.3 is 4.98 Å². The molecule has 0 saturated heterocycles. The largest absolute Gasteiger partial charge is 0.358 e. The van der Waals surface area contributed by atoms with Crippen LogP contribution >= 0.6 is 11.6 Å². The molecular weight excluding hydrogens is 354 g/mol. The third-order valence-corrected chi connectivity index (χ3v) is 4.28. The number of rotatable bonds is 4. The molecule has 128 valence electrons. The topological polar surface area (TPSA) is 99.8 Å². The first-order valence-corrected chi connectivity index (χ1v) is 7.98. The number of nitrogens with zero attached hydrogens (tertiary/aromatic N) is 2. The number of nitro groups is 1. The van der Waals surface area contributed by atoms with Crippen molar-refractivity contribution in [1.29, 1.82) is 5.26 Å². The summed E-state index contributed by atoms with van der Waals surface area (Å²) >= 11 is 5.79. The molecule has 0 unspecified atom stereocenters. The summed E-state index contributed by atoms with van der Waals surface area (Å²) in [4.78, 5) is 26.4. The van der Waals surface area contributed by atoms with Gasteiger partial charge in [-0.3, -0.25) is 14.9 Å². The molecule has 7 heteroatoms. The van der Waals surface area contributed by atoms with Crippen LogP contribution in [-0.2, 0) is 0 Å². The highest BCUT2D eigenvalue weighted by molar-refractivity contribution is 6.32. The van der Waals surface area contributed by atoms with Gasteiger partial charge >= 0.3 is 0 Å². The Hall–Kier alpha value is -3.43. The lowest BCUT2D eigenvalue weighted by Gasteiger charge is -2.02.